The van der Waals surface area contributed by atoms with Gasteiger partial charge in [-0.2, -0.15) is 0 Å². The molecule has 7 nitrogen and oxygen atoms in total. The topological polar surface area (TPSA) is 97.4 Å². The molecule has 2 N–H and O–H groups in total. The van der Waals surface area contributed by atoms with Crippen LogP contribution in [0.3, 0.4) is 0 Å². The summed E-state index contributed by atoms with van der Waals surface area (Å²) in [6.45, 7) is 2.02. The Morgan fingerprint density at radius 1 is 1.07 bits per heavy atom. The lowest BCUT2D eigenvalue weighted by Gasteiger charge is -2.26. The fourth-order valence-corrected chi connectivity index (χ4v) is 3.43. The Labute approximate surface area is 163 Å². The van der Waals surface area contributed by atoms with Crippen molar-refractivity contribution in [1.82, 2.24) is 19.9 Å². The molecule has 0 radical (unpaired) electrons. The van der Waals surface area contributed by atoms with Gasteiger partial charge in [-0.15, -0.1) is 0 Å². The maximum Gasteiger partial charge on any atom is 0.266 e. The van der Waals surface area contributed by atoms with E-state index in [2.05, 4.69) is 19.9 Å². The van der Waals surface area contributed by atoms with Crippen molar-refractivity contribution in [3.05, 3.63) is 78.0 Å². The summed E-state index contributed by atoms with van der Waals surface area (Å²) in [7, 11) is 1.64. The highest BCUT2D eigenvalue weighted by Crippen LogP contribution is 2.40. The lowest BCUT2D eigenvalue weighted by atomic mass is 9.82. The first-order valence-electron chi connectivity index (χ1n) is 9.02. The van der Waals surface area contributed by atoms with Crippen LogP contribution in [0.2, 0.25) is 0 Å². The second kappa shape index (κ2) is 6.84. The smallest absolute Gasteiger partial charge is 0.266 e. The van der Waals surface area contributed by atoms with E-state index in [1.807, 2.05) is 43.3 Å². The van der Waals surface area contributed by atoms with Crippen molar-refractivity contribution in [3.8, 4) is 11.3 Å². The molecule has 28 heavy (non-hydrogen) atoms. The van der Waals surface area contributed by atoms with Gasteiger partial charge in [-0.1, -0.05) is 25.1 Å². The highest BCUT2D eigenvalue weighted by Gasteiger charge is 2.49. The predicted octanol–water partition coefficient (Wildman–Crippen LogP) is 2.13. The maximum atomic E-state index is 13.4. The van der Waals surface area contributed by atoms with Crippen molar-refractivity contribution in [3.63, 3.8) is 0 Å². The monoisotopic (exact) mass is 372 g/mol. The number of aryl methyl sites for hydroxylation is 1. The van der Waals surface area contributed by atoms with E-state index >= 15 is 0 Å². The average Bonchev–Trinajstić information content (AvgIpc) is 2.99. The van der Waals surface area contributed by atoms with E-state index in [9.17, 15) is 4.79 Å². The van der Waals surface area contributed by atoms with Gasteiger partial charge in [0.1, 0.15) is 0 Å². The highest BCUT2D eigenvalue weighted by atomic mass is 16.2. The Hall–Kier alpha value is -3.61. The summed E-state index contributed by atoms with van der Waals surface area (Å²) in [6.07, 6.45) is 7.41. The summed E-state index contributed by atoms with van der Waals surface area (Å²) in [5, 5.41) is 0. The van der Waals surface area contributed by atoms with Gasteiger partial charge in [-0.05, 0) is 35.7 Å². The quantitative estimate of drug-likeness (QED) is 0.757. The summed E-state index contributed by atoms with van der Waals surface area (Å²) in [5.74, 6) is -0.0145. The number of nitrogens with zero attached hydrogens (tertiary/aromatic N) is 5. The number of carbonyl (C=O) groups excluding carboxylic acids is 1. The number of hydrogen-bond donors (Lipinski definition) is 1. The molecule has 0 bridgehead atoms. The number of amides is 1. The first-order chi connectivity index (χ1) is 13.6. The van der Waals surface area contributed by atoms with Crippen molar-refractivity contribution >= 4 is 11.9 Å². The van der Waals surface area contributed by atoms with Crippen molar-refractivity contribution < 1.29 is 4.79 Å². The summed E-state index contributed by atoms with van der Waals surface area (Å²) < 4.78 is 0. The lowest BCUT2D eigenvalue weighted by Crippen LogP contribution is -2.41. The Morgan fingerprint density at radius 2 is 1.89 bits per heavy atom. The maximum absolute atomic E-state index is 13.4. The Kier molecular flexibility index (Phi) is 4.35. The zero-order valence-electron chi connectivity index (χ0n) is 15.7. The molecule has 0 saturated heterocycles. The number of likely N-dealkylation sites (N-methyl/N-ethyl adjacent to an activating group) is 1. The summed E-state index contributed by atoms with van der Waals surface area (Å²) in [6, 6.07) is 11.4. The van der Waals surface area contributed by atoms with E-state index in [0.717, 1.165) is 34.5 Å². The van der Waals surface area contributed by atoms with Crippen LogP contribution >= 0.6 is 0 Å². The Bertz CT molecular complexity index is 1070. The minimum absolute atomic E-state index is 0.185. The van der Waals surface area contributed by atoms with Gasteiger partial charge in [-0.3, -0.25) is 24.6 Å². The fourth-order valence-electron chi connectivity index (χ4n) is 3.43. The number of rotatable bonds is 4. The standard InChI is InChI=1S/C21H20N6O/c1-3-17-12-16(7-8-24-17)21(19(28)27(2)20(22)26-21)15-6-4-5-14(11-15)18-13-23-9-10-25-18/h4-13H,3H2,1-2H3,(H2,22,26). The van der Waals surface area contributed by atoms with Crippen LogP contribution in [-0.2, 0) is 16.8 Å². The Morgan fingerprint density at radius 3 is 2.57 bits per heavy atom. The molecule has 3 aromatic rings. The number of nitrogens with two attached hydrogens (primary N) is 1. The second-order valence-corrected chi connectivity index (χ2v) is 6.61. The first kappa shape index (κ1) is 17.8. The molecule has 1 aliphatic heterocycles. The van der Waals surface area contributed by atoms with Crippen LogP contribution in [0.25, 0.3) is 11.3 Å². The molecular weight excluding hydrogens is 352 g/mol. The molecule has 1 unspecified atom stereocenters. The molecule has 4 rings (SSSR count). The third kappa shape index (κ3) is 2.72. The van der Waals surface area contributed by atoms with Gasteiger partial charge in [0, 0.05) is 36.9 Å². The number of benzene rings is 1. The van der Waals surface area contributed by atoms with Crippen LogP contribution in [0.4, 0.5) is 0 Å². The molecule has 3 heterocycles. The molecule has 1 atom stereocenters. The molecule has 0 saturated carbocycles. The van der Waals surface area contributed by atoms with Crippen molar-refractivity contribution in [2.45, 2.75) is 18.9 Å². The number of carbonyl (C=O) groups is 1. The lowest BCUT2D eigenvalue weighted by molar-refractivity contribution is -0.129. The van der Waals surface area contributed by atoms with Gasteiger partial charge in [0.25, 0.3) is 5.91 Å². The van der Waals surface area contributed by atoms with Gasteiger partial charge < -0.3 is 5.73 Å². The number of aromatic nitrogens is 3. The average molecular weight is 372 g/mol. The van der Waals surface area contributed by atoms with Gasteiger partial charge in [0.05, 0.1) is 11.9 Å². The van der Waals surface area contributed by atoms with Gasteiger partial charge in [-0.25, -0.2) is 4.99 Å². The number of guanidine groups is 1. The largest absolute Gasteiger partial charge is 0.369 e. The van der Waals surface area contributed by atoms with Crippen LogP contribution in [0.15, 0.2) is 66.2 Å². The van der Waals surface area contributed by atoms with Crippen LogP contribution in [0.5, 0.6) is 0 Å². The minimum Gasteiger partial charge on any atom is -0.369 e. The van der Waals surface area contributed by atoms with E-state index in [0.29, 0.717) is 0 Å². The van der Waals surface area contributed by atoms with E-state index in [4.69, 9.17) is 5.73 Å². The molecule has 2 aromatic heterocycles. The van der Waals surface area contributed by atoms with Crippen LogP contribution in [0, 0.1) is 0 Å². The highest BCUT2D eigenvalue weighted by molar-refractivity contribution is 6.09. The van der Waals surface area contributed by atoms with E-state index < -0.39 is 5.54 Å². The van der Waals surface area contributed by atoms with Crippen LogP contribution < -0.4 is 5.73 Å². The molecular formula is C21H20N6O. The second-order valence-electron chi connectivity index (χ2n) is 6.61. The van der Waals surface area contributed by atoms with Crippen molar-refractivity contribution in [2.75, 3.05) is 7.05 Å². The molecule has 0 spiro atoms. The predicted molar refractivity (Wildman–Crippen MR) is 106 cm³/mol. The summed E-state index contributed by atoms with van der Waals surface area (Å²) in [5.41, 5.74) is 8.74. The number of hydrogen-bond acceptors (Lipinski definition) is 6. The zero-order valence-corrected chi connectivity index (χ0v) is 15.7. The van der Waals surface area contributed by atoms with Crippen molar-refractivity contribution in [1.29, 1.82) is 0 Å². The third-order valence-corrected chi connectivity index (χ3v) is 4.98. The fraction of sp³-hybridized carbons (Fsp3) is 0.190. The molecule has 140 valence electrons. The van der Waals surface area contributed by atoms with E-state index in [-0.39, 0.29) is 11.9 Å². The van der Waals surface area contributed by atoms with E-state index in [1.54, 1.807) is 31.8 Å². The normalized spacial score (nSPS) is 19.0. The molecule has 0 aliphatic carbocycles. The Balaban J connectivity index is 1.95. The first-order valence-corrected chi connectivity index (χ1v) is 9.02. The number of pyridine rings is 1. The van der Waals surface area contributed by atoms with Crippen molar-refractivity contribution in [2.24, 2.45) is 10.7 Å². The molecule has 1 aromatic carbocycles. The summed E-state index contributed by atoms with van der Waals surface area (Å²) >= 11 is 0. The van der Waals surface area contributed by atoms with E-state index in [1.165, 1.54) is 4.90 Å². The van der Waals surface area contributed by atoms with Crippen LogP contribution in [-0.4, -0.2) is 38.8 Å². The zero-order chi connectivity index (χ0) is 19.7. The van der Waals surface area contributed by atoms with Crippen LogP contribution in [0.1, 0.15) is 23.7 Å². The SMILES string of the molecule is CCc1cc(C2(c3cccc(-c4cnccn4)c3)N=C(N)N(C)C2=O)ccn1. The van der Waals surface area contributed by atoms with Gasteiger partial charge >= 0.3 is 0 Å². The number of aliphatic imine (C=N–C) groups is 1. The third-order valence-electron chi connectivity index (χ3n) is 4.98. The summed E-state index contributed by atoms with van der Waals surface area (Å²) in [4.78, 5) is 32.3. The minimum atomic E-state index is -1.25. The van der Waals surface area contributed by atoms with Gasteiger partial charge in [0.2, 0.25) is 0 Å². The molecule has 1 aliphatic rings. The van der Waals surface area contributed by atoms with Gasteiger partial charge in [0.15, 0.2) is 11.5 Å². The molecule has 0 fully saturated rings. The molecule has 1 amide bonds. The molecule has 7 heteroatoms.